The maximum atomic E-state index is 12.2. The van der Waals surface area contributed by atoms with Crippen LogP contribution in [0.2, 0.25) is 0 Å². The first-order valence-corrected chi connectivity index (χ1v) is 7.21. The van der Waals surface area contributed by atoms with Gasteiger partial charge in [-0.1, -0.05) is 6.07 Å². The average molecular weight is 311 g/mol. The van der Waals surface area contributed by atoms with Crippen molar-refractivity contribution < 1.29 is 14.3 Å². The van der Waals surface area contributed by atoms with Crippen molar-refractivity contribution in [1.82, 2.24) is 9.78 Å². The summed E-state index contributed by atoms with van der Waals surface area (Å²) < 4.78 is 7.41. The predicted octanol–water partition coefficient (Wildman–Crippen LogP) is 3.10. The van der Waals surface area contributed by atoms with E-state index in [9.17, 15) is 9.90 Å². The lowest BCUT2D eigenvalue weighted by molar-refractivity contribution is 0.0994. The Bertz CT molecular complexity index is 848. The quantitative estimate of drug-likeness (QED) is 0.776. The number of anilines is 1. The smallest absolute Gasteiger partial charge is 0.291 e. The van der Waals surface area contributed by atoms with Crippen molar-refractivity contribution in [2.75, 3.05) is 5.32 Å². The summed E-state index contributed by atoms with van der Waals surface area (Å²) in [6, 6.07) is 11.7. The second-order valence-corrected chi connectivity index (χ2v) is 5.36. The Morgan fingerprint density at radius 1 is 1.26 bits per heavy atom. The lowest BCUT2D eigenvalue weighted by Crippen LogP contribution is -2.10. The summed E-state index contributed by atoms with van der Waals surface area (Å²) in [6.07, 6.45) is 0. The van der Waals surface area contributed by atoms with Crippen LogP contribution in [0.4, 0.5) is 5.69 Å². The Labute approximate surface area is 133 Å². The summed E-state index contributed by atoms with van der Waals surface area (Å²) in [4.78, 5) is 12.2. The number of phenolic OH excluding ortho intramolecular Hbond substituents is 1. The lowest BCUT2D eigenvalue weighted by Gasteiger charge is -2.04. The number of rotatable bonds is 4. The predicted molar refractivity (Wildman–Crippen MR) is 85.6 cm³/mol. The number of hydrogen-bond donors (Lipinski definition) is 2. The van der Waals surface area contributed by atoms with Crippen LogP contribution in [0.1, 0.15) is 27.7 Å². The van der Waals surface area contributed by atoms with E-state index in [1.54, 1.807) is 24.3 Å². The number of carbonyl (C=O) groups excluding carboxylic acids is 1. The Morgan fingerprint density at radius 3 is 2.78 bits per heavy atom. The molecule has 0 radical (unpaired) electrons. The molecule has 3 rings (SSSR count). The zero-order valence-electron chi connectivity index (χ0n) is 12.9. The Hall–Kier alpha value is -3.02. The fourth-order valence-electron chi connectivity index (χ4n) is 2.34. The van der Waals surface area contributed by atoms with Crippen LogP contribution < -0.4 is 5.32 Å². The fraction of sp³-hybridized carbons (Fsp3) is 0.176. The highest BCUT2D eigenvalue weighted by Gasteiger charge is 2.13. The van der Waals surface area contributed by atoms with Crippen LogP contribution in [0.15, 0.2) is 46.9 Å². The number of benzene rings is 1. The van der Waals surface area contributed by atoms with E-state index in [0.29, 0.717) is 18.0 Å². The van der Waals surface area contributed by atoms with Gasteiger partial charge in [0.25, 0.3) is 5.91 Å². The number of phenols is 1. The van der Waals surface area contributed by atoms with Crippen molar-refractivity contribution in [2.45, 2.75) is 20.4 Å². The highest BCUT2D eigenvalue weighted by Crippen LogP contribution is 2.17. The average Bonchev–Trinajstić information content (AvgIpc) is 3.06. The molecule has 0 saturated heterocycles. The molecule has 23 heavy (non-hydrogen) atoms. The standard InChI is InChI=1S/C17H17N3O3/c1-11-8-12(2)20(19-11)10-15-6-7-16(23-15)17(22)18-13-4-3-5-14(21)9-13/h3-9,21H,10H2,1-2H3,(H,18,22). The molecule has 0 aliphatic carbocycles. The van der Waals surface area contributed by atoms with Gasteiger partial charge in [-0.05, 0) is 44.2 Å². The molecule has 3 aromatic rings. The molecular formula is C17H17N3O3. The van der Waals surface area contributed by atoms with Gasteiger partial charge < -0.3 is 14.8 Å². The number of furan rings is 1. The molecule has 118 valence electrons. The van der Waals surface area contributed by atoms with Gasteiger partial charge in [0.1, 0.15) is 11.5 Å². The summed E-state index contributed by atoms with van der Waals surface area (Å²) in [6.45, 7) is 4.37. The highest BCUT2D eigenvalue weighted by molar-refractivity contribution is 6.02. The van der Waals surface area contributed by atoms with E-state index in [1.807, 2.05) is 24.6 Å². The summed E-state index contributed by atoms with van der Waals surface area (Å²) in [7, 11) is 0. The third-order valence-corrected chi connectivity index (χ3v) is 3.40. The first kappa shape index (κ1) is 14.9. The number of carbonyl (C=O) groups is 1. The first-order chi connectivity index (χ1) is 11.0. The van der Waals surface area contributed by atoms with Crippen LogP contribution in [0.3, 0.4) is 0 Å². The normalized spacial score (nSPS) is 10.7. The largest absolute Gasteiger partial charge is 0.508 e. The molecule has 0 atom stereocenters. The Morgan fingerprint density at radius 2 is 2.09 bits per heavy atom. The first-order valence-electron chi connectivity index (χ1n) is 7.21. The van der Waals surface area contributed by atoms with E-state index < -0.39 is 0 Å². The molecular weight excluding hydrogens is 294 g/mol. The number of hydrogen-bond acceptors (Lipinski definition) is 4. The summed E-state index contributed by atoms with van der Waals surface area (Å²) in [5.74, 6) is 0.588. The van der Waals surface area contributed by atoms with Crippen molar-refractivity contribution in [3.8, 4) is 5.75 Å². The van der Waals surface area contributed by atoms with Gasteiger partial charge in [-0.3, -0.25) is 9.48 Å². The van der Waals surface area contributed by atoms with Gasteiger partial charge in [0, 0.05) is 17.4 Å². The lowest BCUT2D eigenvalue weighted by atomic mass is 10.3. The van der Waals surface area contributed by atoms with Crippen molar-refractivity contribution in [3.63, 3.8) is 0 Å². The van der Waals surface area contributed by atoms with Gasteiger partial charge in [-0.25, -0.2) is 0 Å². The van der Waals surface area contributed by atoms with Crippen LogP contribution >= 0.6 is 0 Å². The minimum Gasteiger partial charge on any atom is -0.508 e. The Balaban J connectivity index is 1.71. The number of aromatic nitrogens is 2. The minimum atomic E-state index is -0.366. The van der Waals surface area contributed by atoms with Crippen LogP contribution in [-0.4, -0.2) is 20.8 Å². The van der Waals surface area contributed by atoms with Crippen molar-refractivity contribution in [3.05, 3.63) is 65.4 Å². The van der Waals surface area contributed by atoms with Crippen LogP contribution in [0.5, 0.6) is 5.75 Å². The monoisotopic (exact) mass is 311 g/mol. The molecule has 0 aliphatic heterocycles. The van der Waals surface area contributed by atoms with Crippen molar-refractivity contribution in [1.29, 1.82) is 0 Å². The molecule has 2 N–H and O–H groups in total. The summed E-state index contributed by atoms with van der Waals surface area (Å²) in [5, 5.41) is 16.5. The van der Waals surface area contributed by atoms with E-state index in [-0.39, 0.29) is 17.4 Å². The van der Waals surface area contributed by atoms with Gasteiger partial charge in [0.2, 0.25) is 0 Å². The van der Waals surface area contributed by atoms with Gasteiger partial charge in [0.15, 0.2) is 5.76 Å². The molecule has 1 amide bonds. The maximum Gasteiger partial charge on any atom is 0.291 e. The number of aryl methyl sites for hydroxylation is 2. The number of nitrogens with zero attached hydrogens (tertiary/aromatic N) is 2. The van der Waals surface area contributed by atoms with Crippen molar-refractivity contribution in [2.24, 2.45) is 0 Å². The number of aromatic hydroxyl groups is 1. The third kappa shape index (κ3) is 3.42. The summed E-state index contributed by atoms with van der Waals surface area (Å²) >= 11 is 0. The van der Waals surface area contributed by atoms with E-state index in [4.69, 9.17) is 4.42 Å². The molecule has 0 spiro atoms. The molecule has 2 heterocycles. The SMILES string of the molecule is Cc1cc(C)n(Cc2ccc(C(=O)Nc3cccc(O)c3)o2)n1. The maximum absolute atomic E-state index is 12.2. The molecule has 0 fully saturated rings. The zero-order valence-corrected chi connectivity index (χ0v) is 12.9. The van der Waals surface area contributed by atoms with Gasteiger partial charge >= 0.3 is 0 Å². The van der Waals surface area contributed by atoms with Crippen LogP contribution in [-0.2, 0) is 6.54 Å². The van der Waals surface area contributed by atoms with Gasteiger partial charge in [-0.15, -0.1) is 0 Å². The molecule has 0 bridgehead atoms. The van der Waals surface area contributed by atoms with Crippen molar-refractivity contribution >= 4 is 11.6 Å². The molecule has 6 nitrogen and oxygen atoms in total. The molecule has 6 heteroatoms. The molecule has 0 unspecified atom stereocenters. The van der Waals surface area contributed by atoms with E-state index in [2.05, 4.69) is 10.4 Å². The van der Waals surface area contributed by atoms with Gasteiger partial charge in [0.05, 0.1) is 12.2 Å². The van der Waals surface area contributed by atoms with Crippen LogP contribution in [0, 0.1) is 13.8 Å². The second kappa shape index (κ2) is 6.00. The molecule has 2 aromatic heterocycles. The third-order valence-electron chi connectivity index (χ3n) is 3.40. The topological polar surface area (TPSA) is 80.3 Å². The minimum absolute atomic E-state index is 0.0902. The van der Waals surface area contributed by atoms with Gasteiger partial charge in [-0.2, -0.15) is 5.10 Å². The van der Waals surface area contributed by atoms with Crippen LogP contribution in [0.25, 0.3) is 0 Å². The van der Waals surface area contributed by atoms with E-state index in [1.165, 1.54) is 12.1 Å². The second-order valence-electron chi connectivity index (χ2n) is 5.36. The molecule has 1 aromatic carbocycles. The fourth-order valence-corrected chi connectivity index (χ4v) is 2.34. The zero-order chi connectivity index (χ0) is 16.4. The van der Waals surface area contributed by atoms with E-state index in [0.717, 1.165) is 11.4 Å². The molecule has 0 aliphatic rings. The van der Waals surface area contributed by atoms with E-state index >= 15 is 0 Å². The highest BCUT2D eigenvalue weighted by atomic mass is 16.4. The Kier molecular flexibility index (Phi) is 3.89. The number of amides is 1. The summed E-state index contributed by atoms with van der Waals surface area (Å²) in [5.41, 5.74) is 2.48. The molecule has 0 saturated carbocycles. The number of nitrogens with one attached hydrogen (secondary N) is 1.